The third-order valence-electron chi connectivity index (χ3n) is 9.66. The van der Waals surface area contributed by atoms with Crippen molar-refractivity contribution in [2.45, 2.75) is 76.7 Å². The van der Waals surface area contributed by atoms with Gasteiger partial charge in [-0.15, -0.1) is 0 Å². The number of carbonyl (C=O) groups is 1. The van der Waals surface area contributed by atoms with Crippen LogP contribution in [0.3, 0.4) is 0 Å². The number of hydrogen-bond donors (Lipinski definition) is 0. The molecule has 1 amide bonds. The number of benzene rings is 2. The highest BCUT2D eigenvalue weighted by molar-refractivity contribution is 6.31. The van der Waals surface area contributed by atoms with E-state index in [9.17, 15) is 9.18 Å². The molecule has 6 nitrogen and oxygen atoms in total. The molecule has 8 heteroatoms. The molecule has 42 heavy (non-hydrogen) atoms. The van der Waals surface area contributed by atoms with Crippen LogP contribution in [-0.2, 0) is 16.6 Å². The molecule has 1 saturated carbocycles. The summed E-state index contributed by atoms with van der Waals surface area (Å²) in [4.78, 5) is 20.7. The van der Waals surface area contributed by atoms with Crippen LogP contribution in [0.15, 0.2) is 36.4 Å². The fourth-order valence-electron chi connectivity index (χ4n) is 7.18. The number of likely N-dealkylation sites (tertiary alicyclic amines) is 1. The molecule has 0 N–H and O–H groups in total. The second kappa shape index (κ2) is 14.4. The number of amides is 1. The van der Waals surface area contributed by atoms with E-state index in [1.165, 1.54) is 43.7 Å². The van der Waals surface area contributed by atoms with Crippen molar-refractivity contribution in [1.29, 1.82) is 0 Å². The molecule has 0 bridgehead atoms. The van der Waals surface area contributed by atoms with E-state index in [2.05, 4.69) is 21.9 Å². The average Bonchev–Trinajstić information content (AvgIpc) is 3.46. The van der Waals surface area contributed by atoms with Crippen molar-refractivity contribution < 1.29 is 18.7 Å². The molecule has 5 rings (SSSR count). The first kappa shape index (κ1) is 31.1. The Morgan fingerprint density at radius 3 is 2.43 bits per heavy atom. The second-order valence-corrected chi connectivity index (χ2v) is 12.6. The first-order chi connectivity index (χ1) is 20.4. The molecule has 1 atom stereocenters. The van der Waals surface area contributed by atoms with E-state index in [0.717, 1.165) is 63.1 Å². The van der Waals surface area contributed by atoms with Gasteiger partial charge >= 0.3 is 0 Å². The van der Waals surface area contributed by atoms with Crippen LogP contribution in [0.1, 0.15) is 69.9 Å². The fraction of sp³-hybridized carbons (Fsp3) is 0.618. The highest BCUT2D eigenvalue weighted by atomic mass is 35.5. The Kier molecular flexibility index (Phi) is 10.7. The molecule has 3 aliphatic rings. The van der Waals surface area contributed by atoms with Gasteiger partial charge in [0.25, 0.3) is 0 Å². The van der Waals surface area contributed by atoms with Crippen LogP contribution < -0.4 is 9.47 Å². The first-order valence-corrected chi connectivity index (χ1v) is 16.4. The van der Waals surface area contributed by atoms with Crippen LogP contribution in [0.25, 0.3) is 0 Å². The second-order valence-electron chi connectivity index (χ2n) is 12.2. The van der Waals surface area contributed by atoms with E-state index < -0.39 is 5.82 Å². The molecule has 2 aromatic carbocycles. The Morgan fingerprint density at radius 1 is 0.976 bits per heavy atom. The molecule has 1 aliphatic carbocycles. The molecule has 0 unspecified atom stereocenters. The van der Waals surface area contributed by atoms with Gasteiger partial charge in [0.1, 0.15) is 5.82 Å². The summed E-state index contributed by atoms with van der Waals surface area (Å²) in [7, 11) is 0. The zero-order valence-electron chi connectivity index (χ0n) is 25.4. The fourth-order valence-corrected chi connectivity index (χ4v) is 7.41. The van der Waals surface area contributed by atoms with Crippen LogP contribution in [0.5, 0.6) is 11.5 Å². The van der Waals surface area contributed by atoms with E-state index >= 15 is 0 Å². The normalized spacial score (nSPS) is 22.4. The van der Waals surface area contributed by atoms with E-state index in [-0.39, 0.29) is 23.3 Å². The quantitative estimate of drug-likeness (QED) is 0.302. The molecule has 2 aliphatic heterocycles. The monoisotopic (exact) mass is 599 g/mol. The lowest BCUT2D eigenvalue weighted by Crippen LogP contribution is -2.51. The standard InChI is InChI=1S/C34H47ClFN3O3/c1-3-41-31-14-13-26(23-32(31)42-4-2)34(15-17-37-19-21-38(22-20-37)27-9-6-5-7-10-27)16-18-39(25-34)33(40)24-28-29(35)11-8-12-30(28)36/h8,11-14,23,27H,3-7,9-10,15-22,24-25H2,1-2H3/t34-/m1/s1. The van der Waals surface area contributed by atoms with E-state index in [0.29, 0.717) is 31.3 Å². The van der Waals surface area contributed by atoms with Crippen LogP contribution in [0.4, 0.5) is 4.39 Å². The van der Waals surface area contributed by atoms with Crippen molar-refractivity contribution in [2.24, 2.45) is 0 Å². The molecule has 0 aromatic heterocycles. The van der Waals surface area contributed by atoms with E-state index in [1.807, 2.05) is 24.8 Å². The van der Waals surface area contributed by atoms with Crippen molar-refractivity contribution in [3.63, 3.8) is 0 Å². The molecule has 0 spiro atoms. The SMILES string of the molecule is CCOc1ccc([C@]2(CCN3CCN(C4CCCCC4)CC3)CCN(C(=O)Cc3c(F)cccc3Cl)C2)cc1OCC. The smallest absolute Gasteiger partial charge is 0.227 e. The first-order valence-electron chi connectivity index (χ1n) is 16.0. The molecular formula is C34H47ClFN3O3. The minimum absolute atomic E-state index is 0.0296. The van der Waals surface area contributed by atoms with Gasteiger partial charge in [-0.3, -0.25) is 9.69 Å². The highest BCUT2D eigenvalue weighted by Gasteiger charge is 2.42. The Hall–Kier alpha value is -2.35. The van der Waals surface area contributed by atoms with Crippen molar-refractivity contribution >= 4 is 17.5 Å². The lowest BCUT2D eigenvalue weighted by atomic mass is 9.76. The summed E-state index contributed by atoms with van der Waals surface area (Å²) in [5.41, 5.74) is 1.23. The van der Waals surface area contributed by atoms with Crippen LogP contribution >= 0.6 is 11.6 Å². The summed E-state index contributed by atoms with van der Waals surface area (Å²) in [5, 5.41) is 0.300. The number of nitrogens with zero attached hydrogens (tertiary/aromatic N) is 3. The van der Waals surface area contributed by atoms with Gasteiger partial charge in [0.2, 0.25) is 5.91 Å². The Bertz CT molecular complexity index is 1180. The number of hydrogen-bond acceptors (Lipinski definition) is 5. The van der Waals surface area contributed by atoms with Gasteiger partial charge in [0, 0.05) is 61.3 Å². The Balaban J connectivity index is 1.32. The largest absolute Gasteiger partial charge is 0.490 e. The van der Waals surface area contributed by atoms with Crippen LogP contribution in [0.2, 0.25) is 5.02 Å². The number of rotatable bonds is 11. The molecule has 2 saturated heterocycles. The van der Waals surface area contributed by atoms with Crippen LogP contribution in [0, 0.1) is 5.82 Å². The minimum Gasteiger partial charge on any atom is -0.490 e. The Labute approximate surface area is 256 Å². The van der Waals surface area contributed by atoms with Gasteiger partial charge in [0.15, 0.2) is 11.5 Å². The lowest BCUT2D eigenvalue weighted by Gasteiger charge is -2.42. The third kappa shape index (κ3) is 7.23. The number of piperazine rings is 1. The van der Waals surface area contributed by atoms with Crippen molar-refractivity contribution in [3.05, 3.63) is 58.4 Å². The Morgan fingerprint density at radius 2 is 1.71 bits per heavy atom. The predicted octanol–water partition coefficient (Wildman–Crippen LogP) is 6.33. The zero-order valence-corrected chi connectivity index (χ0v) is 26.1. The minimum atomic E-state index is -0.429. The van der Waals surface area contributed by atoms with Crippen molar-refractivity contribution in [3.8, 4) is 11.5 Å². The summed E-state index contributed by atoms with van der Waals surface area (Å²) in [6, 6.07) is 11.6. The summed E-state index contributed by atoms with van der Waals surface area (Å²) in [5.74, 6) is 0.986. The van der Waals surface area contributed by atoms with Gasteiger partial charge in [0.05, 0.1) is 19.6 Å². The summed E-state index contributed by atoms with van der Waals surface area (Å²) in [6.07, 6.45) is 8.61. The number of halogens is 2. The van der Waals surface area contributed by atoms with Crippen LogP contribution in [-0.4, -0.2) is 85.7 Å². The molecule has 0 radical (unpaired) electrons. The molecule has 2 aromatic rings. The third-order valence-corrected chi connectivity index (χ3v) is 10.0. The molecular weight excluding hydrogens is 553 g/mol. The number of carbonyl (C=O) groups excluding carboxylic acids is 1. The maximum absolute atomic E-state index is 14.5. The van der Waals surface area contributed by atoms with Crippen molar-refractivity contribution in [1.82, 2.24) is 14.7 Å². The van der Waals surface area contributed by atoms with E-state index in [4.69, 9.17) is 21.1 Å². The predicted molar refractivity (Wildman–Crippen MR) is 166 cm³/mol. The van der Waals surface area contributed by atoms with Gasteiger partial charge in [-0.25, -0.2) is 4.39 Å². The molecule has 2 heterocycles. The number of ether oxygens (including phenoxy) is 2. The summed E-state index contributed by atoms with van der Waals surface area (Å²) >= 11 is 6.27. The van der Waals surface area contributed by atoms with E-state index in [1.54, 1.807) is 12.1 Å². The van der Waals surface area contributed by atoms with Gasteiger partial charge in [-0.1, -0.05) is 43.0 Å². The van der Waals surface area contributed by atoms with Crippen molar-refractivity contribution in [2.75, 3.05) is 59.0 Å². The van der Waals surface area contributed by atoms with Gasteiger partial charge < -0.3 is 19.3 Å². The summed E-state index contributed by atoms with van der Waals surface area (Å²) in [6.45, 7) is 11.8. The summed E-state index contributed by atoms with van der Waals surface area (Å²) < 4.78 is 26.4. The maximum Gasteiger partial charge on any atom is 0.227 e. The average molecular weight is 600 g/mol. The lowest BCUT2D eigenvalue weighted by molar-refractivity contribution is -0.129. The van der Waals surface area contributed by atoms with Gasteiger partial charge in [-0.05, 0) is 75.9 Å². The maximum atomic E-state index is 14.5. The van der Waals surface area contributed by atoms with Gasteiger partial charge in [-0.2, -0.15) is 0 Å². The molecule has 3 fully saturated rings. The highest BCUT2D eigenvalue weighted by Crippen LogP contribution is 2.42. The molecule has 230 valence electrons. The topological polar surface area (TPSA) is 45.2 Å². The zero-order chi connectivity index (χ0) is 29.5.